The number of unbranched alkanes of at least 4 members (excludes halogenated alkanes) is 1. The van der Waals surface area contributed by atoms with Crippen LogP contribution in [0.25, 0.3) is 5.57 Å². The Morgan fingerprint density at radius 3 is 2.54 bits per heavy atom. The van der Waals surface area contributed by atoms with E-state index in [-0.39, 0.29) is 17.4 Å². The number of nitrogens with one attached hydrogen (secondary N) is 1. The zero-order valence-corrected chi connectivity index (χ0v) is 31.9. The minimum absolute atomic E-state index is 0.0497. The van der Waals surface area contributed by atoms with Crippen LogP contribution in [0.2, 0.25) is 0 Å². The van der Waals surface area contributed by atoms with Gasteiger partial charge >= 0.3 is 0 Å². The van der Waals surface area contributed by atoms with Crippen LogP contribution in [-0.4, -0.2) is 42.5 Å². The molecule has 4 nitrogen and oxygen atoms in total. The number of allylic oxidation sites excluding steroid dienone is 8. The Kier molecular flexibility index (Phi) is 14.9. The molecule has 0 spiro atoms. The summed E-state index contributed by atoms with van der Waals surface area (Å²) in [5, 5.41) is 13.1. The van der Waals surface area contributed by atoms with Crippen LogP contribution in [0.1, 0.15) is 95.5 Å². The lowest BCUT2D eigenvalue weighted by Gasteiger charge is -2.36. The summed E-state index contributed by atoms with van der Waals surface area (Å²) in [5.74, 6) is -1.33. The second kappa shape index (κ2) is 19.1. The maximum atomic E-state index is 15.6. The summed E-state index contributed by atoms with van der Waals surface area (Å²) < 4.78 is 44.0. The molecule has 0 radical (unpaired) electrons. The van der Waals surface area contributed by atoms with Gasteiger partial charge in [-0.3, -0.25) is 0 Å². The standard InChI is InChI=1S/C45H57F3N4/c1-8-9-21-50-34(5)43(32(3)31(2)26-37-19-18-35(27-42(37)46)15-14-25-52-23-11-10-12-24-52)33(4)45(6,7)41-17-13-16-38(44(47)48)29-40(41)36-20-22-51-39(28-36)30-49/h13,16-20,22,27-29,31,38,44,50H,4-5,8-12,14-15,21,23-26H2,1-3,6-7H3/b43-32-. The van der Waals surface area contributed by atoms with Crippen molar-refractivity contribution in [1.29, 1.82) is 5.26 Å². The number of pyridine rings is 1. The summed E-state index contributed by atoms with van der Waals surface area (Å²) in [7, 11) is 0. The van der Waals surface area contributed by atoms with E-state index in [9.17, 15) is 14.0 Å². The van der Waals surface area contributed by atoms with E-state index in [1.807, 2.05) is 26.0 Å². The predicted molar refractivity (Wildman–Crippen MR) is 209 cm³/mol. The number of hydrogen-bond donors (Lipinski definition) is 1. The Morgan fingerprint density at radius 1 is 1.12 bits per heavy atom. The van der Waals surface area contributed by atoms with Gasteiger partial charge in [0.05, 0.1) is 5.92 Å². The molecule has 1 aliphatic heterocycles. The number of likely N-dealkylation sites (tertiary alicyclic amines) is 1. The van der Waals surface area contributed by atoms with Crippen molar-refractivity contribution in [3.05, 3.63) is 130 Å². The van der Waals surface area contributed by atoms with Crippen LogP contribution < -0.4 is 5.32 Å². The van der Waals surface area contributed by atoms with Gasteiger partial charge in [0.25, 0.3) is 0 Å². The van der Waals surface area contributed by atoms with E-state index in [4.69, 9.17) is 0 Å². The van der Waals surface area contributed by atoms with E-state index >= 15 is 4.39 Å². The summed E-state index contributed by atoms with van der Waals surface area (Å²) in [6.45, 7) is 23.6. The van der Waals surface area contributed by atoms with Crippen LogP contribution in [0.15, 0.2) is 102 Å². The lowest BCUT2D eigenvalue weighted by atomic mass is 9.69. The molecule has 0 amide bonds. The second-order valence-electron chi connectivity index (χ2n) is 15.0. The van der Waals surface area contributed by atoms with E-state index < -0.39 is 17.8 Å². The summed E-state index contributed by atoms with van der Waals surface area (Å²) in [6, 6.07) is 11.2. The minimum atomic E-state index is -2.60. The van der Waals surface area contributed by atoms with Crippen molar-refractivity contribution in [2.24, 2.45) is 17.3 Å². The van der Waals surface area contributed by atoms with Gasteiger partial charge in [0.1, 0.15) is 17.6 Å². The third kappa shape index (κ3) is 10.5. The first-order chi connectivity index (χ1) is 24.9. The number of benzene rings is 1. The molecule has 52 heavy (non-hydrogen) atoms. The largest absolute Gasteiger partial charge is 0.385 e. The molecule has 1 N–H and O–H groups in total. The maximum Gasteiger partial charge on any atom is 0.248 e. The zero-order chi connectivity index (χ0) is 37.8. The van der Waals surface area contributed by atoms with Crippen LogP contribution in [0.4, 0.5) is 13.2 Å². The van der Waals surface area contributed by atoms with Crippen molar-refractivity contribution in [3.8, 4) is 6.07 Å². The Labute approximate surface area is 310 Å². The molecule has 278 valence electrons. The fraction of sp³-hybridized carbons (Fsp3) is 0.467. The van der Waals surface area contributed by atoms with Gasteiger partial charge < -0.3 is 10.2 Å². The van der Waals surface area contributed by atoms with Gasteiger partial charge in [0, 0.05) is 23.9 Å². The minimum Gasteiger partial charge on any atom is -0.385 e. The molecule has 4 rings (SSSR count). The van der Waals surface area contributed by atoms with Gasteiger partial charge in [-0.25, -0.2) is 18.2 Å². The third-order valence-corrected chi connectivity index (χ3v) is 10.8. The zero-order valence-electron chi connectivity index (χ0n) is 31.9. The summed E-state index contributed by atoms with van der Waals surface area (Å²) >= 11 is 0. The number of aryl methyl sites for hydroxylation is 1. The Bertz CT molecular complexity index is 1730. The lowest BCUT2D eigenvalue weighted by Crippen LogP contribution is -2.30. The van der Waals surface area contributed by atoms with E-state index in [1.54, 1.807) is 30.4 Å². The SMILES string of the molecule is C=C(NCCCC)/C(C(=C)C(C)(C)C1=CC=CC(C(F)F)C=C1c1ccnc(C#N)c1)=C(/C)C(C)Cc1ccc(CCCN2CCCCC2)cc1F. The van der Waals surface area contributed by atoms with Gasteiger partial charge in [-0.1, -0.05) is 95.7 Å². The quantitative estimate of drug-likeness (QED) is 0.131. The first-order valence-electron chi connectivity index (χ1n) is 19.0. The van der Waals surface area contributed by atoms with Gasteiger partial charge in [-0.15, -0.1) is 0 Å². The highest BCUT2D eigenvalue weighted by atomic mass is 19.3. The van der Waals surface area contributed by atoms with E-state index in [0.29, 0.717) is 23.1 Å². The number of nitriles is 1. The fourth-order valence-corrected chi connectivity index (χ4v) is 7.29. The van der Waals surface area contributed by atoms with E-state index in [0.717, 1.165) is 72.3 Å². The Hall–Kier alpha value is -4.15. The van der Waals surface area contributed by atoms with Crippen molar-refractivity contribution in [1.82, 2.24) is 15.2 Å². The molecule has 2 aliphatic rings. The normalized spacial score (nSPS) is 17.8. The topological polar surface area (TPSA) is 52.0 Å². The van der Waals surface area contributed by atoms with Crippen molar-refractivity contribution in [2.75, 3.05) is 26.2 Å². The average molecular weight is 711 g/mol. The van der Waals surface area contributed by atoms with Crippen molar-refractivity contribution in [2.45, 2.75) is 92.4 Å². The number of piperidine rings is 1. The highest BCUT2D eigenvalue weighted by molar-refractivity contribution is 5.83. The van der Waals surface area contributed by atoms with Crippen LogP contribution in [0, 0.1) is 34.4 Å². The molecule has 1 aliphatic carbocycles. The summed E-state index contributed by atoms with van der Waals surface area (Å²) in [5.41, 5.74) is 6.56. The summed E-state index contributed by atoms with van der Waals surface area (Å²) in [6.07, 6.45) is 13.8. The second-order valence-corrected chi connectivity index (χ2v) is 15.0. The molecule has 2 unspecified atom stereocenters. The van der Waals surface area contributed by atoms with Gasteiger partial charge in [-0.2, -0.15) is 5.26 Å². The maximum absolute atomic E-state index is 15.6. The molecule has 1 aromatic heterocycles. The third-order valence-electron chi connectivity index (χ3n) is 10.8. The number of hydrogen-bond acceptors (Lipinski definition) is 4. The molecule has 1 fully saturated rings. The van der Waals surface area contributed by atoms with Crippen LogP contribution in [0.3, 0.4) is 0 Å². The first kappa shape index (κ1) is 40.6. The molecule has 0 bridgehead atoms. The highest BCUT2D eigenvalue weighted by Crippen LogP contribution is 2.48. The van der Waals surface area contributed by atoms with Crippen LogP contribution in [-0.2, 0) is 12.8 Å². The lowest BCUT2D eigenvalue weighted by molar-refractivity contribution is 0.120. The first-order valence-corrected chi connectivity index (χ1v) is 19.0. The summed E-state index contributed by atoms with van der Waals surface area (Å²) in [4.78, 5) is 6.63. The Morgan fingerprint density at radius 2 is 1.87 bits per heavy atom. The van der Waals surface area contributed by atoms with Crippen molar-refractivity contribution in [3.63, 3.8) is 0 Å². The van der Waals surface area contributed by atoms with Crippen LogP contribution in [0.5, 0.6) is 0 Å². The number of rotatable bonds is 17. The van der Waals surface area contributed by atoms with Crippen molar-refractivity contribution >= 4 is 5.57 Å². The molecule has 1 aromatic carbocycles. The molecule has 1 saturated heterocycles. The fourth-order valence-electron chi connectivity index (χ4n) is 7.29. The van der Waals surface area contributed by atoms with E-state index in [1.165, 1.54) is 44.6 Å². The molecular formula is C45H57F3N4. The predicted octanol–water partition coefficient (Wildman–Crippen LogP) is 11.0. The Balaban J connectivity index is 1.65. The average Bonchev–Trinajstić information content (AvgIpc) is 3.38. The smallest absolute Gasteiger partial charge is 0.248 e. The number of halogens is 3. The van der Waals surface area contributed by atoms with Gasteiger partial charge in [0.15, 0.2) is 0 Å². The molecule has 2 atom stereocenters. The van der Waals surface area contributed by atoms with Crippen LogP contribution >= 0.6 is 0 Å². The van der Waals surface area contributed by atoms with Gasteiger partial charge in [0.2, 0.25) is 6.43 Å². The highest BCUT2D eigenvalue weighted by Gasteiger charge is 2.35. The molecular weight excluding hydrogens is 654 g/mol. The monoisotopic (exact) mass is 710 g/mol. The number of nitrogens with zero attached hydrogens (tertiary/aromatic N) is 3. The number of alkyl halides is 2. The molecule has 2 heterocycles. The van der Waals surface area contributed by atoms with E-state index in [2.05, 4.69) is 61.3 Å². The number of aromatic nitrogens is 1. The van der Waals surface area contributed by atoms with Crippen molar-refractivity contribution < 1.29 is 13.2 Å². The molecule has 2 aromatic rings. The molecule has 0 saturated carbocycles. The molecule has 7 heteroatoms. The van der Waals surface area contributed by atoms with Gasteiger partial charge in [-0.05, 0) is 128 Å².